The number of alkyl halides is 3. The van der Waals surface area contributed by atoms with Crippen molar-refractivity contribution in [3.63, 3.8) is 0 Å². The molecule has 0 aliphatic carbocycles. The highest BCUT2D eigenvalue weighted by molar-refractivity contribution is 5.91. The van der Waals surface area contributed by atoms with Crippen molar-refractivity contribution in [1.82, 2.24) is 20.0 Å². The second-order valence-electron chi connectivity index (χ2n) is 8.80. The maximum Gasteiger partial charge on any atom is 0.418 e. The zero-order valence-electron chi connectivity index (χ0n) is 21.2. The molecule has 0 spiro atoms. The van der Waals surface area contributed by atoms with Gasteiger partial charge in [-0.15, -0.1) is 0 Å². The third-order valence-corrected chi connectivity index (χ3v) is 6.29. The van der Waals surface area contributed by atoms with Crippen LogP contribution in [-0.4, -0.2) is 27.0 Å². The first kappa shape index (κ1) is 27.5. The number of nitrogens with one attached hydrogen (secondary N) is 1. The van der Waals surface area contributed by atoms with Crippen LogP contribution in [0.1, 0.15) is 29.3 Å². The summed E-state index contributed by atoms with van der Waals surface area (Å²) in [6.45, 7) is 4.06. The molecule has 0 atom stereocenters. The zero-order chi connectivity index (χ0) is 28.8. The van der Waals surface area contributed by atoms with E-state index in [9.17, 15) is 26.7 Å². The predicted molar refractivity (Wildman–Crippen MR) is 135 cm³/mol. The Kier molecular flexibility index (Phi) is 7.04. The largest absolute Gasteiger partial charge is 0.438 e. The van der Waals surface area contributed by atoms with Crippen LogP contribution in [0.3, 0.4) is 0 Å². The van der Waals surface area contributed by atoms with Crippen molar-refractivity contribution in [3.8, 4) is 22.9 Å². The molecule has 0 aliphatic heterocycles. The Morgan fingerprint density at radius 3 is 2.44 bits per heavy atom. The fourth-order valence-corrected chi connectivity index (χ4v) is 4.01. The number of fused-ring (bicyclic) bond motifs is 1. The smallest absolute Gasteiger partial charge is 0.418 e. The molecule has 0 saturated carbocycles. The van der Waals surface area contributed by atoms with Crippen molar-refractivity contribution in [3.05, 3.63) is 86.6 Å². The van der Waals surface area contributed by atoms with E-state index in [0.29, 0.717) is 11.9 Å². The molecule has 0 saturated heterocycles. The molecule has 3 aromatic heterocycles. The number of rotatable bonds is 5. The summed E-state index contributed by atoms with van der Waals surface area (Å²) < 4.78 is 74.8. The number of nitrogens with two attached hydrogens (primary N) is 2. The molecule has 204 valence electrons. The molecule has 13 heteroatoms. The number of hydrogen-bond acceptors (Lipinski definition) is 7. The summed E-state index contributed by atoms with van der Waals surface area (Å²) >= 11 is 0. The van der Waals surface area contributed by atoms with Crippen molar-refractivity contribution >= 4 is 16.6 Å². The number of H-pyrrole nitrogens is 1. The van der Waals surface area contributed by atoms with Crippen LogP contribution in [0.25, 0.3) is 27.9 Å². The van der Waals surface area contributed by atoms with Gasteiger partial charge < -0.3 is 20.5 Å². The van der Waals surface area contributed by atoms with Crippen molar-refractivity contribution in [2.75, 3.05) is 7.05 Å². The lowest BCUT2D eigenvalue weighted by Gasteiger charge is -2.19. The van der Waals surface area contributed by atoms with E-state index >= 15 is 0 Å². The van der Waals surface area contributed by atoms with Gasteiger partial charge in [-0.1, -0.05) is 0 Å². The summed E-state index contributed by atoms with van der Waals surface area (Å²) in [6.07, 6.45) is -2.84. The molecule has 0 unspecified atom stereocenters. The van der Waals surface area contributed by atoms with E-state index in [1.807, 2.05) is 0 Å². The summed E-state index contributed by atoms with van der Waals surface area (Å²) in [5, 5.41) is 1.33. The Morgan fingerprint density at radius 1 is 1.10 bits per heavy atom. The van der Waals surface area contributed by atoms with Gasteiger partial charge in [-0.2, -0.15) is 13.2 Å². The number of pyridine rings is 3. The Morgan fingerprint density at radius 2 is 1.79 bits per heavy atom. The number of hydrogen-bond donors (Lipinski definition) is 3. The van der Waals surface area contributed by atoms with E-state index in [4.69, 9.17) is 16.3 Å². The first-order chi connectivity index (χ1) is 18.2. The zero-order valence-corrected chi connectivity index (χ0v) is 21.2. The highest BCUT2D eigenvalue weighted by Crippen LogP contribution is 2.41. The van der Waals surface area contributed by atoms with Gasteiger partial charge in [-0.3, -0.25) is 9.78 Å². The molecule has 39 heavy (non-hydrogen) atoms. The number of benzene rings is 1. The number of hydrazine groups is 1. The van der Waals surface area contributed by atoms with Gasteiger partial charge in [-0.05, 0) is 44.5 Å². The molecule has 0 amide bonds. The molecule has 0 radical (unpaired) electrons. The normalized spacial score (nSPS) is 12.5. The fraction of sp³-hybridized carbons (Fsp3) is 0.192. The number of allylic oxidation sites excluding steroid dienone is 1. The van der Waals surface area contributed by atoms with Gasteiger partial charge in [0.15, 0.2) is 17.1 Å². The van der Waals surface area contributed by atoms with Crippen LogP contribution < -0.4 is 21.7 Å². The second kappa shape index (κ2) is 9.98. The Labute approximate surface area is 218 Å². The molecule has 8 nitrogen and oxygen atoms in total. The summed E-state index contributed by atoms with van der Waals surface area (Å²) in [6, 6.07) is 4.46. The minimum atomic E-state index is -4.78. The molecular weight excluding hydrogens is 523 g/mol. The van der Waals surface area contributed by atoms with E-state index in [1.165, 1.54) is 31.1 Å². The lowest BCUT2D eigenvalue weighted by atomic mass is 10.0. The maximum absolute atomic E-state index is 14.2. The van der Waals surface area contributed by atoms with E-state index in [-0.39, 0.29) is 56.3 Å². The number of aromatic nitrogens is 3. The SMILES string of the molecule is C/C(=C(/N)c1nccc2[nH]c(-c3c(Oc4ccc(F)c(F)c4C)ncc(C(F)(F)F)c3C)cc(=O)c12)N(C)N. The first-order valence-electron chi connectivity index (χ1n) is 11.4. The van der Waals surface area contributed by atoms with Gasteiger partial charge in [-0.25, -0.2) is 19.6 Å². The highest BCUT2D eigenvalue weighted by Gasteiger charge is 2.35. The van der Waals surface area contributed by atoms with Gasteiger partial charge in [0, 0.05) is 31.1 Å². The number of nitrogens with zero attached hydrogens (tertiary/aromatic N) is 3. The number of ether oxygens (including phenoxy) is 1. The summed E-state index contributed by atoms with van der Waals surface area (Å²) in [5.41, 5.74) is 4.61. The van der Waals surface area contributed by atoms with E-state index in [2.05, 4.69) is 15.0 Å². The van der Waals surface area contributed by atoms with Gasteiger partial charge in [0.05, 0.1) is 39.1 Å². The Bertz CT molecular complexity index is 1700. The quantitative estimate of drug-likeness (QED) is 0.180. The van der Waals surface area contributed by atoms with Crippen LogP contribution in [-0.2, 0) is 6.18 Å². The average Bonchev–Trinajstić information content (AvgIpc) is 2.86. The standard InChI is InChI=1S/C26H23F5N6O2/c1-11-14(26(29,30)31)10-35-25(39-19-6-5-15(27)22(28)12(19)2)20(11)17-9-18(38)21-16(36-17)7-8-34-24(21)23(32)13(3)37(4)33/h5-10H,32-33H2,1-4H3,(H,36,38)/b23-13-. The third kappa shape index (κ3) is 5.00. The minimum Gasteiger partial charge on any atom is -0.438 e. The molecule has 4 rings (SSSR count). The van der Waals surface area contributed by atoms with Gasteiger partial charge in [0.2, 0.25) is 5.88 Å². The van der Waals surface area contributed by atoms with Crippen molar-refractivity contribution in [2.24, 2.45) is 11.6 Å². The van der Waals surface area contributed by atoms with Crippen LogP contribution in [0.5, 0.6) is 11.6 Å². The summed E-state index contributed by atoms with van der Waals surface area (Å²) in [7, 11) is 1.55. The van der Waals surface area contributed by atoms with E-state index < -0.39 is 28.8 Å². The van der Waals surface area contributed by atoms with Crippen molar-refractivity contribution in [2.45, 2.75) is 26.9 Å². The summed E-state index contributed by atoms with van der Waals surface area (Å²) in [4.78, 5) is 24.3. The molecule has 5 N–H and O–H groups in total. The lowest BCUT2D eigenvalue weighted by molar-refractivity contribution is -0.138. The van der Waals surface area contributed by atoms with Crippen LogP contribution in [0, 0.1) is 25.5 Å². The Hall–Kier alpha value is -4.52. The van der Waals surface area contributed by atoms with Crippen LogP contribution in [0.15, 0.2) is 47.2 Å². The fourth-order valence-electron chi connectivity index (χ4n) is 4.01. The third-order valence-electron chi connectivity index (χ3n) is 6.29. The Balaban J connectivity index is 2.00. The van der Waals surface area contributed by atoms with E-state index in [1.54, 1.807) is 14.0 Å². The molecule has 4 aromatic rings. The lowest BCUT2D eigenvalue weighted by Crippen LogP contribution is -2.26. The van der Waals surface area contributed by atoms with Crippen molar-refractivity contribution < 1.29 is 26.7 Å². The van der Waals surface area contributed by atoms with E-state index in [0.717, 1.165) is 18.2 Å². The predicted octanol–water partition coefficient (Wildman–Crippen LogP) is 5.14. The van der Waals surface area contributed by atoms with Crippen LogP contribution in [0.2, 0.25) is 0 Å². The number of aromatic amines is 1. The van der Waals surface area contributed by atoms with Crippen LogP contribution in [0.4, 0.5) is 22.0 Å². The molecule has 0 bridgehead atoms. The maximum atomic E-state index is 14.2. The minimum absolute atomic E-state index is 0.0637. The molecular formula is C26H23F5N6O2. The molecule has 1 aromatic carbocycles. The van der Waals surface area contributed by atoms with Crippen LogP contribution >= 0.6 is 0 Å². The van der Waals surface area contributed by atoms with Gasteiger partial charge >= 0.3 is 6.18 Å². The van der Waals surface area contributed by atoms with Gasteiger partial charge in [0.25, 0.3) is 0 Å². The van der Waals surface area contributed by atoms with Crippen molar-refractivity contribution in [1.29, 1.82) is 0 Å². The number of halogens is 5. The molecule has 0 aliphatic rings. The topological polar surface area (TPSA) is 123 Å². The summed E-state index contributed by atoms with van der Waals surface area (Å²) in [5.74, 6) is 2.92. The first-order valence-corrected chi connectivity index (χ1v) is 11.4. The second-order valence-corrected chi connectivity index (χ2v) is 8.80. The monoisotopic (exact) mass is 546 g/mol. The molecule has 0 fully saturated rings. The molecule has 3 heterocycles. The average molecular weight is 546 g/mol. The van der Waals surface area contributed by atoms with Gasteiger partial charge in [0.1, 0.15) is 11.4 Å². The highest BCUT2D eigenvalue weighted by atomic mass is 19.4.